The molecule has 0 aliphatic carbocycles. The van der Waals surface area contributed by atoms with Gasteiger partial charge in [-0.05, 0) is 38.5 Å². The van der Waals surface area contributed by atoms with Crippen molar-refractivity contribution in [1.29, 1.82) is 0 Å². The first kappa shape index (κ1) is 17.2. The van der Waals surface area contributed by atoms with Gasteiger partial charge >= 0.3 is 0 Å². The maximum absolute atomic E-state index is 3.63. The van der Waals surface area contributed by atoms with Crippen LogP contribution in [-0.2, 0) is 6.54 Å². The third-order valence-electron chi connectivity index (χ3n) is 3.62. The van der Waals surface area contributed by atoms with E-state index >= 15 is 0 Å². The molecule has 2 nitrogen and oxygen atoms in total. The van der Waals surface area contributed by atoms with Crippen molar-refractivity contribution in [3.05, 3.63) is 28.2 Å². The Morgan fingerprint density at radius 1 is 1.24 bits per heavy atom. The average Bonchev–Trinajstić information content (AvgIpc) is 2.35. The minimum absolute atomic E-state index is 0.142. The van der Waals surface area contributed by atoms with Gasteiger partial charge in [-0.25, -0.2) is 0 Å². The van der Waals surface area contributed by atoms with Gasteiger partial charge in [-0.3, -0.25) is 0 Å². The van der Waals surface area contributed by atoms with Gasteiger partial charge < -0.3 is 10.2 Å². The van der Waals surface area contributed by atoms with Gasteiger partial charge in [0.25, 0.3) is 0 Å². The van der Waals surface area contributed by atoms with Crippen LogP contribution in [-0.4, -0.2) is 29.1 Å². The minimum atomic E-state index is 0.142. The molecular formula is C17H27BrN2S. The monoisotopic (exact) mass is 370 g/mol. The number of hydrogen-bond acceptors (Lipinski definition) is 3. The van der Waals surface area contributed by atoms with E-state index in [9.17, 15) is 0 Å². The van der Waals surface area contributed by atoms with E-state index in [4.69, 9.17) is 0 Å². The third kappa shape index (κ3) is 5.19. The lowest BCUT2D eigenvalue weighted by Gasteiger charge is -2.37. The van der Waals surface area contributed by atoms with Gasteiger partial charge in [0.15, 0.2) is 0 Å². The van der Waals surface area contributed by atoms with E-state index in [1.54, 1.807) is 0 Å². The van der Waals surface area contributed by atoms with E-state index in [-0.39, 0.29) is 5.54 Å². The molecule has 21 heavy (non-hydrogen) atoms. The lowest BCUT2D eigenvalue weighted by molar-refractivity contribution is 0.424. The van der Waals surface area contributed by atoms with E-state index in [2.05, 4.69) is 90.7 Å². The molecule has 0 bridgehead atoms. The number of thioether (sulfide) groups is 1. The molecule has 1 heterocycles. The summed E-state index contributed by atoms with van der Waals surface area (Å²) in [5.41, 5.74) is 2.91. The van der Waals surface area contributed by atoms with Gasteiger partial charge in [0, 0.05) is 45.8 Å². The zero-order chi connectivity index (χ0) is 15.6. The first-order chi connectivity index (χ1) is 9.74. The van der Waals surface area contributed by atoms with E-state index in [0.29, 0.717) is 10.5 Å². The lowest BCUT2D eigenvalue weighted by atomic mass is 10.1. The SMILES string of the molecule is CC1CN(c2cc(Br)ccc2CNC(C)(C)C)CC(C)S1. The van der Waals surface area contributed by atoms with Crippen molar-refractivity contribution >= 4 is 33.4 Å². The van der Waals surface area contributed by atoms with Crippen LogP contribution in [0.5, 0.6) is 0 Å². The molecule has 0 saturated carbocycles. The van der Waals surface area contributed by atoms with E-state index < -0.39 is 0 Å². The van der Waals surface area contributed by atoms with Gasteiger partial charge in [0.05, 0.1) is 0 Å². The number of rotatable bonds is 3. The fourth-order valence-electron chi connectivity index (χ4n) is 2.72. The van der Waals surface area contributed by atoms with Gasteiger partial charge in [-0.2, -0.15) is 11.8 Å². The van der Waals surface area contributed by atoms with Crippen molar-refractivity contribution in [1.82, 2.24) is 5.32 Å². The summed E-state index contributed by atoms with van der Waals surface area (Å²) in [5, 5.41) is 4.99. The summed E-state index contributed by atoms with van der Waals surface area (Å²) in [5.74, 6) is 0. The molecule has 4 heteroatoms. The summed E-state index contributed by atoms with van der Waals surface area (Å²) in [7, 11) is 0. The van der Waals surface area contributed by atoms with Crippen LogP contribution >= 0.6 is 27.7 Å². The quantitative estimate of drug-likeness (QED) is 0.832. The molecule has 1 aromatic rings. The van der Waals surface area contributed by atoms with Gasteiger partial charge in [-0.15, -0.1) is 0 Å². The maximum atomic E-state index is 3.63. The summed E-state index contributed by atoms with van der Waals surface area (Å²) >= 11 is 5.73. The Bertz CT molecular complexity index is 474. The molecule has 1 aromatic carbocycles. The molecule has 2 atom stereocenters. The summed E-state index contributed by atoms with van der Waals surface area (Å²) in [4.78, 5) is 2.55. The Morgan fingerprint density at radius 3 is 2.43 bits per heavy atom. The standard InChI is InChI=1S/C17H27BrN2S/c1-12-10-20(11-13(2)21-12)16-8-15(18)7-6-14(16)9-19-17(3,4)5/h6-8,12-13,19H,9-11H2,1-5H3. The normalized spacial score (nSPS) is 23.4. The molecular weight excluding hydrogens is 344 g/mol. The van der Waals surface area contributed by atoms with Crippen molar-refractivity contribution in [2.45, 2.75) is 57.2 Å². The largest absolute Gasteiger partial charge is 0.369 e. The van der Waals surface area contributed by atoms with Crippen molar-refractivity contribution in [3.8, 4) is 0 Å². The smallest absolute Gasteiger partial charge is 0.0423 e. The summed E-state index contributed by atoms with van der Waals surface area (Å²) < 4.78 is 1.16. The van der Waals surface area contributed by atoms with Crippen LogP contribution in [0.1, 0.15) is 40.2 Å². The van der Waals surface area contributed by atoms with Crippen molar-refractivity contribution < 1.29 is 0 Å². The molecule has 0 radical (unpaired) electrons. The van der Waals surface area contributed by atoms with Crippen LogP contribution in [0.4, 0.5) is 5.69 Å². The van der Waals surface area contributed by atoms with Crippen LogP contribution in [0.3, 0.4) is 0 Å². The zero-order valence-electron chi connectivity index (χ0n) is 13.7. The summed E-state index contributed by atoms with van der Waals surface area (Å²) in [6.45, 7) is 14.5. The zero-order valence-corrected chi connectivity index (χ0v) is 16.1. The van der Waals surface area contributed by atoms with Crippen LogP contribution < -0.4 is 10.2 Å². The van der Waals surface area contributed by atoms with Crippen molar-refractivity contribution in [3.63, 3.8) is 0 Å². The van der Waals surface area contributed by atoms with Crippen LogP contribution in [0, 0.1) is 0 Å². The molecule has 1 aliphatic rings. The average molecular weight is 371 g/mol. The Hall–Kier alpha value is -0.190. The van der Waals surface area contributed by atoms with Gasteiger partial charge in [0.1, 0.15) is 0 Å². The van der Waals surface area contributed by atoms with Gasteiger partial charge in [0.2, 0.25) is 0 Å². The van der Waals surface area contributed by atoms with Crippen molar-refractivity contribution in [2.75, 3.05) is 18.0 Å². The highest BCUT2D eigenvalue weighted by atomic mass is 79.9. The molecule has 1 saturated heterocycles. The van der Waals surface area contributed by atoms with Crippen LogP contribution in [0.25, 0.3) is 0 Å². The highest BCUT2D eigenvalue weighted by Gasteiger charge is 2.24. The summed E-state index contributed by atoms with van der Waals surface area (Å²) in [6.07, 6.45) is 0. The Balaban J connectivity index is 2.22. The van der Waals surface area contributed by atoms with E-state index in [1.807, 2.05) is 0 Å². The lowest BCUT2D eigenvalue weighted by Crippen LogP contribution is -2.41. The molecule has 0 spiro atoms. The molecule has 2 rings (SSSR count). The highest BCUT2D eigenvalue weighted by Crippen LogP contribution is 2.32. The maximum Gasteiger partial charge on any atom is 0.0423 e. The summed E-state index contributed by atoms with van der Waals surface area (Å²) in [6, 6.07) is 6.67. The number of benzene rings is 1. The van der Waals surface area contributed by atoms with E-state index in [1.165, 1.54) is 11.3 Å². The Labute approximate surface area is 142 Å². The second-order valence-electron chi connectivity index (χ2n) is 7.04. The third-order valence-corrected chi connectivity index (χ3v) is 5.34. The molecule has 2 unspecified atom stereocenters. The minimum Gasteiger partial charge on any atom is -0.369 e. The molecule has 118 valence electrons. The molecule has 1 fully saturated rings. The Kier molecular flexibility index (Phi) is 5.66. The number of halogens is 1. The fraction of sp³-hybridized carbons (Fsp3) is 0.647. The van der Waals surface area contributed by atoms with Gasteiger partial charge in [-0.1, -0.05) is 35.8 Å². The predicted octanol–water partition coefficient (Wildman–Crippen LogP) is 4.67. The number of nitrogens with zero attached hydrogens (tertiary/aromatic N) is 1. The first-order valence-electron chi connectivity index (χ1n) is 7.68. The second kappa shape index (κ2) is 6.93. The second-order valence-corrected chi connectivity index (χ2v) is 9.84. The molecule has 1 aliphatic heterocycles. The van der Waals surface area contributed by atoms with Crippen LogP contribution in [0.2, 0.25) is 0 Å². The molecule has 0 aromatic heterocycles. The number of nitrogens with one attached hydrogen (secondary N) is 1. The number of hydrogen-bond donors (Lipinski definition) is 1. The number of anilines is 1. The van der Waals surface area contributed by atoms with E-state index in [0.717, 1.165) is 24.1 Å². The highest BCUT2D eigenvalue weighted by molar-refractivity contribution is 9.10. The fourth-order valence-corrected chi connectivity index (χ4v) is 4.39. The first-order valence-corrected chi connectivity index (χ1v) is 9.42. The van der Waals surface area contributed by atoms with Crippen molar-refractivity contribution in [2.24, 2.45) is 0 Å². The predicted molar refractivity (Wildman–Crippen MR) is 99.5 cm³/mol. The molecule has 0 amide bonds. The molecule has 1 N–H and O–H groups in total. The Morgan fingerprint density at radius 2 is 1.86 bits per heavy atom. The topological polar surface area (TPSA) is 15.3 Å². The van der Waals surface area contributed by atoms with Crippen LogP contribution in [0.15, 0.2) is 22.7 Å².